The molecule has 1 amide bonds. The molecule has 1 N–H and O–H groups in total. The van der Waals surface area contributed by atoms with Crippen LogP contribution >= 0.6 is 0 Å². The van der Waals surface area contributed by atoms with E-state index in [1.54, 1.807) is 17.0 Å². The van der Waals surface area contributed by atoms with Crippen molar-refractivity contribution in [1.82, 2.24) is 14.5 Å². The number of aromatic nitrogens is 3. The highest BCUT2D eigenvalue weighted by atomic mass is 16.2. The van der Waals surface area contributed by atoms with Crippen LogP contribution in [-0.2, 0) is 11.8 Å². The van der Waals surface area contributed by atoms with Gasteiger partial charge in [0.1, 0.15) is 5.82 Å². The lowest BCUT2D eigenvalue weighted by atomic mass is 9.97. The molecule has 0 aliphatic carbocycles. The molecule has 2 aromatic heterocycles. The van der Waals surface area contributed by atoms with E-state index in [-0.39, 0.29) is 11.8 Å². The molecule has 0 aromatic carbocycles. The summed E-state index contributed by atoms with van der Waals surface area (Å²) in [4.78, 5) is 23.1. The van der Waals surface area contributed by atoms with Gasteiger partial charge >= 0.3 is 0 Å². The molecule has 1 unspecified atom stereocenters. The van der Waals surface area contributed by atoms with Crippen molar-refractivity contribution >= 4 is 17.7 Å². The Morgan fingerprint density at radius 2 is 2.24 bits per heavy atom. The van der Waals surface area contributed by atoms with Crippen molar-refractivity contribution < 1.29 is 4.79 Å². The number of aryl methyl sites for hydroxylation is 1. The number of carbonyl (C=O) groups excluding carboxylic acids is 1. The normalized spacial score (nSPS) is 18.5. The minimum atomic E-state index is -0.0301. The number of nitrogens with zero attached hydrogens (tertiary/aromatic N) is 4. The van der Waals surface area contributed by atoms with E-state index in [1.165, 1.54) is 0 Å². The second-order valence-corrected chi connectivity index (χ2v) is 5.32. The highest BCUT2D eigenvalue weighted by molar-refractivity contribution is 5.91. The van der Waals surface area contributed by atoms with E-state index in [1.807, 2.05) is 31.4 Å². The fraction of sp³-hybridized carbons (Fsp3) is 0.400. The summed E-state index contributed by atoms with van der Waals surface area (Å²) in [6.07, 6.45) is 7.18. The summed E-state index contributed by atoms with van der Waals surface area (Å²) < 4.78 is 1.80. The SMILES string of the molecule is Cn1ccnc1NC(=O)C1CCCN(c2ccccn2)C1. The van der Waals surface area contributed by atoms with Crippen LogP contribution in [0.3, 0.4) is 0 Å². The Labute approximate surface area is 123 Å². The number of pyridine rings is 1. The van der Waals surface area contributed by atoms with Crippen LogP contribution in [0.2, 0.25) is 0 Å². The zero-order valence-corrected chi connectivity index (χ0v) is 12.1. The molecular formula is C15H19N5O. The number of amides is 1. The van der Waals surface area contributed by atoms with Gasteiger partial charge in [0.15, 0.2) is 0 Å². The second-order valence-electron chi connectivity index (χ2n) is 5.32. The Hall–Kier alpha value is -2.37. The Morgan fingerprint density at radius 1 is 1.33 bits per heavy atom. The first kappa shape index (κ1) is 13.6. The molecule has 0 radical (unpaired) electrons. The quantitative estimate of drug-likeness (QED) is 0.932. The number of piperidine rings is 1. The fourth-order valence-corrected chi connectivity index (χ4v) is 2.64. The predicted molar refractivity (Wildman–Crippen MR) is 81.0 cm³/mol. The number of carbonyl (C=O) groups is 1. The summed E-state index contributed by atoms with van der Waals surface area (Å²) in [5, 5.41) is 2.90. The maximum atomic E-state index is 12.4. The van der Waals surface area contributed by atoms with Gasteiger partial charge < -0.3 is 9.47 Å². The summed E-state index contributed by atoms with van der Waals surface area (Å²) >= 11 is 0. The minimum absolute atomic E-state index is 0.0301. The molecule has 1 aliphatic heterocycles. The van der Waals surface area contributed by atoms with E-state index in [0.29, 0.717) is 12.5 Å². The van der Waals surface area contributed by atoms with Crippen LogP contribution in [0.1, 0.15) is 12.8 Å². The molecule has 3 heterocycles. The monoisotopic (exact) mass is 285 g/mol. The summed E-state index contributed by atoms with van der Waals surface area (Å²) in [5.74, 6) is 1.53. The van der Waals surface area contributed by atoms with Crippen molar-refractivity contribution in [3.05, 3.63) is 36.8 Å². The molecule has 3 rings (SSSR count). The largest absolute Gasteiger partial charge is 0.356 e. The number of hydrogen-bond donors (Lipinski definition) is 1. The molecule has 0 spiro atoms. The Morgan fingerprint density at radius 3 is 2.95 bits per heavy atom. The van der Waals surface area contributed by atoms with E-state index < -0.39 is 0 Å². The number of anilines is 2. The van der Waals surface area contributed by atoms with E-state index in [0.717, 1.165) is 25.2 Å². The lowest BCUT2D eigenvalue weighted by Gasteiger charge is -2.32. The first-order valence-electron chi connectivity index (χ1n) is 7.18. The fourth-order valence-electron chi connectivity index (χ4n) is 2.64. The first-order chi connectivity index (χ1) is 10.2. The van der Waals surface area contributed by atoms with Gasteiger partial charge in [-0.2, -0.15) is 0 Å². The van der Waals surface area contributed by atoms with Crippen LogP contribution in [0.15, 0.2) is 36.8 Å². The van der Waals surface area contributed by atoms with Crippen molar-refractivity contribution in [3.63, 3.8) is 0 Å². The number of nitrogens with one attached hydrogen (secondary N) is 1. The van der Waals surface area contributed by atoms with Crippen LogP contribution < -0.4 is 10.2 Å². The molecule has 1 fully saturated rings. The lowest BCUT2D eigenvalue weighted by Crippen LogP contribution is -2.41. The van der Waals surface area contributed by atoms with Gasteiger partial charge in [0, 0.05) is 38.7 Å². The van der Waals surface area contributed by atoms with Crippen molar-refractivity contribution in [2.75, 3.05) is 23.3 Å². The van der Waals surface area contributed by atoms with Gasteiger partial charge in [0.2, 0.25) is 11.9 Å². The first-order valence-corrected chi connectivity index (χ1v) is 7.18. The predicted octanol–water partition coefficient (Wildman–Crippen LogP) is 1.67. The number of imidazole rings is 1. The van der Waals surface area contributed by atoms with Gasteiger partial charge in [-0.05, 0) is 25.0 Å². The average Bonchev–Trinajstić information content (AvgIpc) is 2.93. The Bertz CT molecular complexity index is 610. The molecule has 2 aromatic rings. The van der Waals surface area contributed by atoms with Crippen LogP contribution in [-0.4, -0.2) is 33.5 Å². The minimum Gasteiger partial charge on any atom is -0.356 e. The second kappa shape index (κ2) is 5.95. The van der Waals surface area contributed by atoms with Crippen LogP contribution in [0.25, 0.3) is 0 Å². The van der Waals surface area contributed by atoms with Gasteiger partial charge in [-0.25, -0.2) is 9.97 Å². The van der Waals surface area contributed by atoms with E-state index >= 15 is 0 Å². The molecule has 1 aliphatic rings. The zero-order valence-electron chi connectivity index (χ0n) is 12.1. The molecule has 0 bridgehead atoms. The third kappa shape index (κ3) is 3.04. The molecule has 1 saturated heterocycles. The van der Waals surface area contributed by atoms with Gasteiger partial charge in [0.25, 0.3) is 0 Å². The molecule has 21 heavy (non-hydrogen) atoms. The summed E-state index contributed by atoms with van der Waals surface area (Å²) in [6, 6.07) is 5.86. The third-order valence-corrected chi connectivity index (χ3v) is 3.82. The standard InChI is InChI=1S/C15H19N5O/c1-19-10-8-17-15(19)18-14(21)12-5-4-9-20(11-12)13-6-2-3-7-16-13/h2-3,6-8,10,12H,4-5,9,11H2,1H3,(H,17,18,21). The highest BCUT2D eigenvalue weighted by Gasteiger charge is 2.27. The molecule has 0 saturated carbocycles. The summed E-state index contributed by atoms with van der Waals surface area (Å²) in [5.41, 5.74) is 0. The molecular weight excluding hydrogens is 266 g/mol. The number of rotatable bonds is 3. The Kier molecular flexibility index (Phi) is 3.85. The van der Waals surface area contributed by atoms with Crippen molar-refractivity contribution in [2.24, 2.45) is 13.0 Å². The zero-order chi connectivity index (χ0) is 14.7. The molecule has 6 heteroatoms. The van der Waals surface area contributed by atoms with Gasteiger partial charge in [0.05, 0.1) is 5.92 Å². The molecule has 110 valence electrons. The van der Waals surface area contributed by atoms with E-state index in [4.69, 9.17) is 0 Å². The maximum Gasteiger partial charge on any atom is 0.231 e. The topological polar surface area (TPSA) is 63.1 Å². The van der Waals surface area contributed by atoms with Crippen molar-refractivity contribution in [2.45, 2.75) is 12.8 Å². The Balaban J connectivity index is 1.66. The van der Waals surface area contributed by atoms with Gasteiger partial charge in [-0.15, -0.1) is 0 Å². The van der Waals surface area contributed by atoms with Gasteiger partial charge in [-0.1, -0.05) is 6.07 Å². The lowest BCUT2D eigenvalue weighted by molar-refractivity contribution is -0.120. The molecule has 6 nitrogen and oxygen atoms in total. The highest BCUT2D eigenvalue weighted by Crippen LogP contribution is 2.22. The van der Waals surface area contributed by atoms with Gasteiger partial charge in [-0.3, -0.25) is 10.1 Å². The van der Waals surface area contributed by atoms with E-state index in [2.05, 4.69) is 20.2 Å². The third-order valence-electron chi connectivity index (χ3n) is 3.82. The van der Waals surface area contributed by atoms with Crippen LogP contribution in [0.4, 0.5) is 11.8 Å². The smallest absolute Gasteiger partial charge is 0.231 e. The summed E-state index contributed by atoms with van der Waals surface area (Å²) in [7, 11) is 1.86. The number of hydrogen-bond acceptors (Lipinski definition) is 4. The molecule has 1 atom stereocenters. The van der Waals surface area contributed by atoms with Crippen LogP contribution in [0.5, 0.6) is 0 Å². The average molecular weight is 285 g/mol. The van der Waals surface area contributed by atoms with Crippen molar-refractivity contribution in [1.29, 1.82) is 0 Å². The maximum absolute atomic E-state index is 12.4. The summed E-state index contributed by atoms with van der Waals surface area (Å²) in [6.45, 7) is 1.65. The van der Waals surface area contributed by atoms with E-state index in [9.17, 15) is 4.79 Å². The van der Waals surface area contributed by atoms with Crippen LogP contribution in [0, 0.1) is 5.92 Å². The van der Waals surface area contributed by atoms with Crippen molar-refractivity contribution in [3.8, 4) is 0 Å².